The Bertz CT molecular complexity index is 1310. The van der Waals surface area contributed by atoms with E-state index in [4.69, 9.17) is 9.47 Å². The van der Waals surface area contributed by atoms with Crippen LogP contribution in [0, 0.1) is 0 Å². The van der Waals surface area contributed by atoms with Crippen molar-refractivity contribution in [2.45, 2.75) is 19.9 Å². The average molecular weight is 407 g/mol. The smallest absolute Gasteiger partial charge is 0.297 e. The first-order chi connectivity index (χ1) is 14.6. The van der Waals surface area contributed by atoms with Crippen molar-refractivity contribution in [3.8, 4) is 11.5 Å². The second-order valence-electron chi connectivity index (χ2n) is 6.62. The molecule has 0 fully saturated rings. The molecule has 9 heteroatoms. The highest BCUT2D eigenvalue weighted by atomic mass is 16.5. The molecule has 0 atom stereocenters. The van der Waals surface area contributed by atoms with Gasteiger partial charge in [0.1, 0.15) is 23.9 Å². The third-order valence-electron chi connectivity index (χ3n) is 4.88. The number of hydrogen-bond donors (Lipinski definition) is 1. The Kier molecular flexibility index (Phi) is 5.09. The van der Waals surface area contributed by atoms with Gasteiger partial charge >= 0.3 is 0 Å². The van der Waals surface area contributed by atoms with Crippen LogP contribution in [-0.4, -0.2) is 39.3 Å². The molecule has 30 heavy (non-hydrogen) atoms. The number of para-hydroxylation sites is 2. The first-order valence-corrected chi connectivity index (χ1v) is 9.44. The number of nitrogens with one attached hydrogen (secondary N) is 1. The highest BCUT2D eigenvalue weighted by molar-refractivity contribution is 5.93. The SMILES string of the molecule is CCc1nnc2c(=O)n(CC(=O)Nc3cc(OC)ccc3OC)c3ccccc3n12. The lowest BCUT2D eigenvalue weighted by Crippen LogP contribution is -2.29. The number of carbonyl (C=O) groups is 1. The number of fused-ring (bicyclic) bond motifs is 3. The van der Waals surface area contributed by atoms with Crippen molar-refractivity contribution in [2.75, 3.05) is 19.5 Å². The molecular weight excluding hydrogens is 386 g/mol. The number of anilines is 1. The van der Waals surface area contributed by atoms with E-state index in [-0.39, 0.29) is 23.7 Å². The van der Waals surface area contributed by atoms with Crippen LogP contribution in [0.5, 0.6) is 11.5 Å². The van der Waals surface area contributed by atoms with Gasteiger partial charge in [-0.15, -0.1) is 10.2 Å². The number of methoxy groups -OCH3 is 2. The van der Waals surface area contributed by atoms with Gasteiger partial charge in [-0.3, -0.25) is 18.6 Å². The summed E-state index contributed by atoms with van der Waals surface area (Å²) in [6.07, 6.45) is 0.630. The highest BCUT2D eigenvalue weighted by Gasteiger charge is 2.18. The molecule has 1 amide bonds. The molecule has 154 valence electrons. The molecule has 0 radical (unpaired) electrons. The number of rotatable bonds is 6. The van der Waals surface area contributed by atoms with Crippen molar-refractivity contribution in [2.24, 2.45) is 0 Å². The van der Waals surface area contributed by atoms with E-state index in [1.165, 1.54) is 18.8 Å². The van der Waals surface area contributed by atoms with Crippen molar-refractivity contribution >= 4 is 28.3 Å². The zero-order valence-electron chi connectivity index (χ0n) is 16.9. The molecule has 4 rings (SSSR count). The fraction of sp³-hybridized carbons (Fsp3) is 0.238. The fourth-order valence-corrected chi connectivity index (χ4v) is 3.45. The van der Waals surface area contributed by atoms with Gasteiger partial charge in [0.05, 0.1) is 30.9 Å². The molecule has 0 bridgehead atoms. The lowest BCUT2D eigenvalue weighted by atomic mass is 10.2. The lowest BCUT2D eigenvalue weighted by molar-refractivity contribution is -0.116. The van der Waals surface area contributed by atoms with Gasteiger partial charge in [0.15, 0.2) is 0 Å². The van der Waals surface area contributed by atoms with Crippen molar-refractivity contribution in [3.63, 3.8) is 0 Å². The second-order valence-corrected chi connectivity index (χ2v) is 6.62. The Hall–Kier alpha value is -3.88. The summed E-state index contributed by atoms with van der Waals surface area (Å²) < 4.78 is 13.7. The van der Waals surface area contributed by atoms with Gasteiger partial charge in [-0.25, -0.2) is 0 Å². The predicted molar refractivity (Wildman–Crippen MR) is 112 cm³/mol. The van der Waals surface area contributed by atoms with Gasteiger partial charge in [-0.1, -0.05) is 19.1 Å². The Morgan fingerprint density at radius 1 is 1.07 bits per heavy atom. The maximum absolute atomic E-state index is 13.1. The maximum Gasteiger partial charge on any atom is 0.297 e. The summed E-state index contributed by atoms with van der Waals surface area (Å²) in [4.78, 5) is 25.9. The number of benzene rings is 2. The summed E-state index contributed by atoms with van der Waals surface area (Å²) in [7, 11) is 3.05. The molecule has 0 aliphatic carbocycles. The molecule has 2 aromatic heterocycles. The summed E-state index contributed by atoms with van der Waals surface area (Å²) in [5.41, 5.74) is 1.65. The van der Waals surface area contributed by atoms with Crippen molar-refractivity contribution in [1.29, 1.82) is 0 Å². The third kappa shape index (κ3) is 3.24. The first kappa shape index (κ1) is 19.4. The number of carbonyl (C=O) groups excluding carboxylic acids is 1. The van der Waals surface area contributed by atoms with Gasteiger partial charge in [0.25, 0.3) is 5.56 Å². The summed E-state index contributed by atoms with van der Waals surface area (Å²) in [5.74, 6) is 1.37. The minimum absolute atomic E-state index is 0.190. The quantitative estimate of drug-likeness (QED) is 0.526. The highest BCUT2D eigenvalue weighted by Crippen LogP contribution is 2.29. The van der Waals surface area contributed by atoms with Crippen LogP contribution in [0.4, 0.5) is 5.69 Å². The van der Waals surface area contributed by atoms with Crippen LogP contribution in [0.1, 0.15) is 12.7 Å². The van der Waals surface area contributed by atoms with E-state index in [1.54, 1.807) is 28.7 Å². The van der Waals surface area contributed by atoms with Crippen LogP contribution >= 0.6 is 0 Å². The number of nitrogens with zero attached hydrogens (tertiary/aromatic N) is 4. The number of aromatic nitrogens is 4. The predicted octanol–water partition coefficient (Wildman–Crippen LogP) is 2.26. The largest absolute Gasteiger partial charge is 0.497 e. The summed E-state index contributed by atoms with van der Waals surface area (Å²) in [6, 6.07) is 12.5. The third-order valence-corrected chi connectivity index (χ3v) is 4.88. The molecule has 9 nitrogen and oxygen atoms in total. The second kappa shape index (κ2) is 7.86. The van der Waals surface area contributed by atoms with Gasteiger partial charge in [-0.2, -0.15) is 0 Å². The Morgan fingerprint density at radius 3 is 2.53 bits per heavy atom. The van der Waals surface area contributed by atoms with E-state index in [9.17, 15) is 9.59 Å². The molecule has 4 aromatic rings. The van der Waals surface area contributed by atoms with Crippen LogP contribution in [0.25, 0.3) is 16.7 Å². The van der Waals surface area contributed by atoms with E-state index in [0.29, 0.717) is 34.9 Å². The van der Waals surface area contributed by atoms with E-state index in [0.717, 1.165) is 5.52 Å². The standard InChI is InChI=1S/C21H21N5O4/c1-4-18-23-24-20-21(28)25(15-7-5-6-8-16(15)26(18)20)12-19(27)22-14-11-13(29-2)9-10-17(14)30-3/h5-11H,4,12H2,1-3H3,(H,22,27). The molecule has 0 saturated heterocycles. The minimum Gasteiger partial charge on any atom is -0.497 e. The average Bonchev–Trinajstić information content (AvgIpc) is 3.21. The van der Waals surface area contributed by atoms with Crippen molar-refractivity contribution in [1.82, 2.24) is 19.2 Å². The van der Waals surface area contributed by atoms with Crippen LogP contribution in [0.2, 0.25) is 0 Å². The summed E-state index contributed by atoms with van der Waals surface area (Å²) in [5, 5.41) is 11.0. The van der Waals surface area contributed by atoms with Crippen LogP contribution in [0.3, 0.4) is 0 Å². The van der Waals surface area contributed by atoms with E-state index in [2.05, 4.69) is 15.5 Å². The zero-order valence-corrected chi connectivity index (χ0v) is 16.9. The number of ether oxygens (including phenoxy) is 2. The molecule has 0 aliphatic heterocycles. The van der Waals surface area contributed by atoms with Gasteiger partial charge in [-0.05, 0) is 24.3 Å². The monoisotopic (exact) mass is 407 g/mol. The molecule has 0 aliphatic rings. The Morgan fingerprint density at radius 2 is 1.83 bits per heavy atom. The Balaban J connectivity index is 1.76. The number of aryl methyl sites for hydroxylation is 1. The molecule has 0 spiro atoms. The lowest BCUT2D eigenvalue weighted by Gasteiger charge is -2.14. The first-order valence-electron chi connectivity index (χ1n) is 9.44. The maximum atomic E-state index is 13.1. The van der Waals surface area contributed by atoms with Crippen molar-refractivity contribution in [3.05, 3.63) is 58.6 Å². The van der Waals surface area contributed by atoms with Crippen LogP contribution in [-0.2, 0) is 17.8 Å². The van der Waals surface area contributed by atoms with E-state index in [1.807, 2.05) is 25.1 Å². The van der Waals surface area contributed by atoms with Crippen molar-refractivity contribution < 1.29 is 14.3 Å². The van der Waals surface area contributed by atoms with Gasteiger partial charge < -0.3 is 14.8 Å². The number of amides is 1. The molecule has 0 saturated carbocycles. The Labute approximate surface area is 171 Å². The molecule has 2 aromatic carbocycles. The topological polar surface area (TPSA) is 99.8 Å². The number of hydrogen-bond acceptors (Lipinski definition) is 6. The fourth-order valence-electron chi connectivity index (χ4n) is 3.45. The van der Waals surface area contributed by atoms with E-state index >= 15 is 0 Å². The van der Waals surface area contributed by atoms with Gasteiger partial charge in [0.2, 0.25) is 11.6 Å². The van der Waals surface area contributed by atoms with Crippen LogP contribution < -0.4 is 20.3 Å². The molecule has 0 unspecified atom stereocenters. The zero-order chi connectivity index (χ0) is 21.3. The van der Waals surface area contributed by atoms with Crippen LogP contribution in [0.15, 0.2) is 47.3 Å². The minimum atomic E-state index is -0.381. The van der Waals surface area contributed by atoms with Gasteiger partial charge in [0, 0.05) is 12.5 Å². The van der Waals surface area contributed by atoms with E-state index < -0.39 is 0 Å². The molecular formula is C21H21N5O4. The molecule has 2 heterocycles. The summed E-state index contributed by atoms with van der Waals surface area (Å²) in [6.45, 7) is 1.76. The normalized spacial score (nSPS) is 11.0. The molecule has 1 N–H and O–H groups in total. The summed E-state index contributed by atoms with van der Waals surface area (Å²) >= 11 is 0.